The van der Waals surface area contributed by atoms with Gasteiger partial charge in [0.2, 0.25) is 5.91 Å². The van der Waals surface area contributed by atoms with Crippen LogP contribution in [-0.4, -0.2) is 48.9 Å². The van der Waals surface area contributed by atoms with Crippen LogP contribution in [0.1, 0.15) is 61.4 Å². The second-order valence-electron chi connectivity index (χ2n) is 8.25. The van der Waals surface area contributed by atoms with Crippen LogP contribution in [0.15, 0.2) is 29.3 Å². The maximum absolute atomic E-state index is 12.0. The van der Waals surface area contributed by atoms with Crippen LogP contribution in [0.3, 0.4) is 0 Å². The largest absolute Gasteiger partial charge is 0.368 e. The monoisotopic (exact) mass is 399 g/mol. The van der Waals surface area contributed by atoms with Crippen LogP contribution in [0, 0.1) is 5.41 Å². The number of hydrogen-bond acceptors (Lipinski definition) is 3. The van der Waals surface area contributed by atoms with E-state index in [-0.39, 0.29) is 12.5 Å². The Bertz CT molecular complexity index is 738. The van der Waals surface area contributed by atoms with E-state index in [9.17, 15) is 9.59 Å². The number of carbonyl (C=O) groups excluding carboxylic acids is 2. The van der Waals surface area contributed by atoms with E-state index in [0.717, 1.165) is 31.2 Å². The van der Waals surface area contributed by atoms with Gasteiger partial charge in [-0.2, -0.15) is 0 Å². The van der Waals surface area contributed by atoms with Crippen LogP contribution >= 0.6 is 0 Å². The van der Waals surface area contributed by atoms with Crippen molar-refractivity contribution in [3.05, 3.63) is 35.4 Å². The number of primary amides is 1. The lowest BCUT2D eigenvalue weighted by molar-refractivity contribution is -0.117. The Balaban J connectivity index is 1.60. The molecule has 158 valence electrons. The first-order valence-electron chi connectivity index (χ1n) is 10.7. The summed E-state index contributed by atoms with van der Waals surface area (Å²) < 4.78 is 0. The topological polar surface area (TPSA) is 99.8 Å². The summed E-state index contributed by atoms with van der Waals surface area (Å²) in [5, 5.41) is 5.93. The van der Waals surface area contributed by atoms with Crippen molar-refractivity contribution in [3.8, 4) is 0 Å². The lowest BCUT2D eigenvalue weighted by Gasteiger charge is -2.33. The molecule has 1 aromatic rings. The van der Waals surface area contributed by atoms with Gasteiger partial charge in [-0.05, 0) is 49.3 Å². The lowest BCUT2D eigenvalue weighted by atomic mass is 9.73. The Morgan fingerprint density at radius 2 is 1.83 bits per heavy atom. The van der Waals surface area contributed by atoms with Crippen LogP contribution in [0.2, 0.25) is 0 Å². The van der Waals surface area contributed by atoms with Crippen LogP contribution in [-0.2, 0) is 11.3 Å². The quantitative estimate of drug-likeness (QED) is 0.503. The summed E-state index contributed by atoms with van der Waals surface area (Å²) in [5.41, 5.74) is 7.09. The van der Waals surface area contributed by atoms with Gasteiger partial charge in [-0.1, -0.05) is 31.4 Å². The summed E-state index contributed by atoms with van der Waals surface area (Å²) in [4.78, 5) is 30.0. The molecule has 29 heavy (non-hydrogen) atoms. The summed E-state index contributed by atoms with van der Waals surface area (Å²) in [6, 6.07) is 7.31. The molecule has 1 aliphatic carbocycles. The minimum absolute atomic E-state index is 0.158. The van der Waals surface area contributed by atoms with Gasteiger partial charge in [-0.25, -0.2) is 4.99 Å². The van der Waals surface area contributed by atoms with E-state index in [2.05, 4.69) is 22.5 Å². The Hall–Kier alpha value is -2.57. The first-order chi connectivity index (χ1) is 14.0. The Labute approximate surface area is 173 Å². The molecule has 0 radical (unpaired) electrons. The van der Waals surface area contributed by atoms with Gasteiger partial charge in [0.25, 0.3) is 5.91 Å². The molecule has 7 heteroatoms. The van der Waals surface area contributed by atoms with Gasteiger partial charge in [0.15, 0.2) is 5.96 Å². The number of benzene rings is 1. The number of nitrogens with zero attached hydrogens (tertiary/aromatic N) is 2. The fourth-order valence-corrected chi connectivity index (χ4v) is 4.45. The highest BCUT2D eigenvalue weighted by Gasteiger charge is 2.39. The minimum atomic E-state index is -0.558. The fourth-order valence-electron chi connectivity index (χ4n) is 4.45. The van der Waals surface area contributed by atoms with Gasteiger partial charge in [-0.15, -0.1) is 0 Å². The van der Waals surface area contributed by atoms with Crippen molar-refractivity contribution in [2.24, 2.45) is 16.1 Å². The summed E-state index contributed by atoms with van der Waals surface area (Å²) in [5.74, 6) is 0.123. The van der Waals surface area contributed by atoms with Gasteiger partial charge in [0.1, 0.15) is 0 Å². The van der Waals surface area contributed by atoms with Crippen molar-refractivity contribution in [2.75, 3.05) is 26.2 Å². The zero-order chi connectivity index (χ0) is 20.7. The Morgan fingerprint density at radius 1 is 1.10 bits per heavy atom. The third-order valence-corrected chi connectivity index (χ3v) is 6.04. The summed E-state index contributed by atoms with van der Waals surface area (Å²) in [6.07, 6.45) is 8.07. The molecule has 1 saturated heterocycles. The Morgan fingerprint density at radius 3 is 2.48 bits per heavy atom. The summed E-state index contributed by atoms with van der Waals surface area (Å²) in [7, 11) is 0. The van der Waals surface area contributed by atoms with E-state index < -0.39 is 5.91 Å². The van der Waals surface area contributed by atoms with E-state index in [1.165, 1.54) is 38.5 Å². The van der Waals surface area contributed by atoms with Crippen molar-refractivity contribution >= 4 is 17.8 Å². The molecule has 7 nitrogen and oxygen atoms in total. The second-order valence-corrected chi connectivity index (χ2v) is 8.25. The molecule has 0 aromatic heterocycles. The van der Waals surface area contributed by atoms with Gasteiger partial charge in [-0.3, -0.25) is 9.59 Å². The number of nitrogens with one attached hydrogen (secondary N) is 2. The number of nitrogens with two attached hydrogens (primary N) is 1. The van der Waals surface area contributed by atoms with E-state index in [4.69, 9.17) is 10.7 Å². The van der Waals surface area contributed by atoms with Gasteiger partial charge in [0, 0.05) is 25.2 Å². The summed E-state index contributed by atoms with van der Waals surface area (Å²) >= 11 is 0. The molecular formula is C22H33N5O2. The van der Waals surface area contributed by atoms with Crippen molar-refractivity contribution in [1.82, 2.24) is 15.5 Å². The highest BCUT2D eigenvalue weighted by atomic mass is 16.2. The second kappa shape index (κ2) is 9.76. The molecule has 0 bridgehead atoms. The van der Waals surface area contributed by atoms with Crippen molar-refractivity contribution in [2.45, 2.75) is 52.0 Å². The average molecular weight is 400 g/mol. The van der Waals surface area contributed by atoms with Crippen LogP contribution in [0.5, 0.6) is 0 Å². The first kappa shape index (κ1) is 21.1. The van der Waals surface area contributed by atoms with Gasteiger partial charge in [0.05, 0.1) is 13.1 Å². The number of guanidine groups is 1. The molecule has 2 aliphatic rings. The third-order valence-electron chi connectivity index (χ3n) is 6.04. The smallest absolute Gasteiger partial charge is 0.251 e. The van der Waals surface area contributed by atoms with E-state index >= 15 is 0 Å². The number of amides is 2. The number of likely N-dealkylation sites (tertiary alicyclic amines) is 1. The normalized spacial score (nSPS) is 18.7. The highest BCUT2D eigenvalue weighted by Crippen LogP contribution is 2.43. The summed E-state index contributed by atoms with van der Waals surface area (Å²) in [6.45, 7) is 5.54. The van der Waals surface area contributed by atoms with Crippen LogP contribution < -0.4 is 16.4 Å². The van der Waals surface area contributed by atoms with Crippen molar-refractivity contribution < 1.29 is 9.59 Å². The molecule has 1 aliphatic heterocycles. The SMILES string of the molecule is CCNC(=NCc1ccc(C(=O)NCC(N)=O)cc1)N1CCC2(CCCCC2)C1. The van der Waals surface area contributed by atoms with Crippen molar-refractivity contribution in [1.29, 1.82) is 0 Å². The maximum atomic E-state index is 12.0. The molecule has 1 heterocycles. The minimum Gasteiger partial charge on any atom is -0.368 e. The molecule has 1 aromatic carbocycles. The zero-order valence-electron chi connectivity index (χ0n) is 17.4. The van der Waals surface area contributed by atoms with Crippen LogP contribution in [0.25, 0.3) is 0 Å². The number of rotatable bonds is 6. The molecule has 1 spiro atoms. The molecule has 4 N–H and O–H groups in total. The van der Waals surface area contributed by atoms with E-state index in [1.54, 1.807) is 12.1 Å². The van der Waals surface area contributed by atoms with Crippen molar-refractivity contribution in [3.63, 3.8) is 0 Å². The molecule has 0 atom stereocenters. The molecule has 2 amide bonds. The molecule has 3 rings (SSSR count). The van der Waals surface area contributed by atoms with Gasteiger partial charge < -0.3 is 21.3 Å². The zero-order valence-corrected chi connectivity index (χ0v) is 17.4. The average Bonchev–Trinajstić information content (AvgIpc) is 3.13. The lowest BCUT2D eigenvalue weighted by Crippen LogP contribution is -2.41. The maximum Gasteiger partial charge on any atom is 0.251 e. The Kier molecular flexibility index (Phi) is 7.12. The number of hydrogen-bond donors (Lipinski definition) is 3. The fraction of sp³-hybridized carbons (Fsp3) is 0.591. The standard InChI is InChI=1S/C22H33N5O2/c1-2-24-21(27-13-12-22(16-27)10-4-3-5-11-22)26-14-17-6-8-18(9-7-17)20(29)25-15-19(23)28/h6-9H,2-5,10-16H2,1H3,(H2,23,28)(H,24,26)(H,25,29). The number of aliphatic imine (C=N–C) groups is 1. The molecule has 0 unspecified atom stereocenters. The number of carbonyl (C=O) groups is 2. The van der Waals surface area contributed by atoms with Crippen LogP contribution in [0.4, 0.5) is 0 Å². The predicted molar refractivity (Wildman–Crippen MR) is 114 cm³/mol. The predicted octanol–water partition coefficient (Wildman–Crippen LogP) is 2.02. The molecule has 2 fully saturated rings. The van der Waals surface area contributed by atoms with Gasteiger partial charge >= 0.3 is 0 Å². The molecule has 1 saturated carbocycles. The first-order valence-corrected chi connectivity index (χ1v) is 10.7. The third kappa shape index (κ3) is 5.71. The van der Waals surface area contributed by atoms with E-state index in [0.29, 0.717) is 17.5 Å². The van der Waals surface area contributed by atoms with E-state index in [1.807, 2.05) is 12.1 Å². The molecular weight excluding hydrogens is 366 g/mol. The highest BCUT2D eigenvalue weighted by molar-refractivity contribution is 5.96.